The van der Waals surface area contributed by atoms with E-state index in [1.165, 1.54) is 10.4 Å². The van der Waals surface area contributed by atoms with Crippen LogP contribution in [0.3, 0.4) is 0 Å². The standard InChI is InChI=1S/C15H22N4OS.HI/c1-3-7-17-15(16-4-2)18-10-14(20)19-8-5-13-12(11-19)6-9-21-13;/h3,6,9H,1,4-5,7-8,10-11H2,2H3,(H2,16,17,18);1H. The van der Waals surface area contributed by atoms with E-state index < -0.39 is 0 Å². The molecule has 0 bridgehead atoms. The SMILES string of the molecule is C=CCNC(=NCC(=O)N1CCc2sccc2C1)NCC.I. The minimum absolute atomic E-state index is 0. The molecule has 0 atom stereocenters. The lowest BCUT2D eigenvalue weighted by Gasteiger charge is -2.26. The van der Waals surface area contributed by atoms with Crippen molar-refractivity contribution < 1.29 is 4.79 Å². The van der Waals surface area contributed by atoms with Crippen LogP contribution in [0.15, 0.2) is 29.1 Å². The van der Waals surface area contributed by atoms with Gasteiger partial charge in [-0.15, -0.1) is 41.9 Å². The van der Waals surface area contributed by atoms with Crippen molar-refractivity contribution in [2.24, 2.45) is 4.99 Å². The van der Waals surface area contributed by atoms with Gasteiger partial charge in [-0.2, -0.15) is 0 Å². The minimum Gasteiger partial charge on any atom is -0.357 e. The number of carbonyl (C=O) groups is 1. The van der Waals surface area contributed by atoms with E-state index in [-0.39, 0.29) is 36.4 Å². The van der Waals surface area contributed by atoms with E-state index in [0.717, 1.165) is 19.5 Å². The molecule has 1 aromatic heterocycles. The zero-order chi connectivity index (χ0) is 15.1. The number of guanidine groups is 1. The highest BCUT2D eigenvalue weighted by Crippen LogP contribution is 2.23. The van der Waals surface area contributed by atoms with Gasteiger partial charge in [0, 0.05) is 31.1 Å². The second-order valence-electron chi connectivity index (χ2n) is 4.80. The first-order chi connectivity index (χ1) is 10.2. The fourth-order valence-electron chi connectivity index (χ4n) is 2.22. The number of carbonyl (C=O) groups excluding carboxylic acids is 1. The summed E-state index contributed by atoms with van der Waals surface area (Å²) in [5.41, 5.74) is 1.28. The Morgan fingerprint density at radius 1 is 1.55 bits per heavy atom. The Kier molecular flexibility index (Phi) is 8.47. The van der Waals surface area contributed by atoms with Crippen LogP contribution < -0.4 is 10.6 Å². The van der Waals surface area contributed by atoms with Gasteiger partial charge in [-0.05, 0) is 30.4 Å². The summed E-state index contributed by atoms with van der Waals surface area (Å²) in [6.07, 6.45) is 2.72. The fourth-order valence-corrected chi connectivity index (χ4v) is 3.11. The zero-order valence-electron chi connectivity index (χ0n) is 12.8. The van der Waals surface area contributed by atoms with Crippen LogP contribution in [0.1, 0.15) is 17.4 Å². The Labute approximate surface area is 152 Å². The lowest BCUT2D eigenvalue weighted by atomic mass is 10.1. The maximum Gasteiger partial charge on any atom is 0.244 e. The predicted octanol–water partition coefficient (Wildman–Crippen LogP) is 1.99. The summed E-state index contributed by atoms with van der Waals surface area (Å²) in [5.74, 6) is 0.724. The van der Waals surface area contributed by atoms with E-state index in [2.05, 4.69) is 33.7 Å². The van der Waals surface area contributed by atoms with Crippen molar-refractivity contribution >= 4 is 47.2 Å². The second kappa shape index (κ2) is 9.83. The highest BCUT2D eigenvalue weighted by atomic mass is 127. The van der Waals surface area contributed by atoms with Crippen LogP contribution >= 0.6 is 35.3 Å². The van der Waals surface area contributed by atoms with Crippen LogP contribution in [-0.4, -0.2) is 42.9 Å². The summed E-state index contributed by atoms with van der Waals surface area (Å²) in [7, 11) is 0. The molecule has 1 aromatic rings. The van der Waals surface area contributed by atoms with Crippen LogP contribution in [0.4, 0.5) is 0 Å². The van der Waals surface area contributed by atoms with Gasteiger partial charge in [-0.25, -0.2) is 4.99 Å². The van der Waals surface area contributed by atoms with Crippen LogP contribution in [0, 0.1) is 0 Å². The molecule has 7 heteroatoms. The molecule has 0 spiro atoms. The predicted molar refractivity (Wildman–Crippen MR) is 103 cm³/mol. The van der Waals surface area contributed by atoms with Gasteiger partial charge in [0.25, 0.3) is 0 Å². The average molecular weight is 434 g/mol. The molecule has 1 amide bonds. The van der Waals surface area contributed by atoms with Gasteiger partial charge in [-0.3, -0.25) is 4.79 Å². The van der Waals surface area contributed by atoms with Gasteiger partial charge < -0.3 is 15.5 Å². The van der Waals surface area contributed by atoms with E-state index >= 15 is 0 Å². The van der Waals surface area contributed by atoms with Crippen molar-refractivity contribution in [2.75, 3.05) is 26.2 Å². The van der Waals surface area contributed by atoms with Crippen molar-refractivity contribution in [3.05, 3.63) is 34.5 Å². The Hall–Kier alpha value is -1.09. The molecule has 0 aromatic carbocycles. The van der Waals surface area contributed by atoms with Crippen molar-refractivity contribution in [3.63, 3.8) is 0 Å². The van der Waals surface area contributed by atoms with E-state index in [0.29, 0.717) is 19.0 Å². The molecule has 0 unspecified atom stereocenters. The molecule has 0 fully saturated rings. The second-order valence-corrected chi connectivity index (χ2v) is 5.80. The van der Waals surface area contributed by atoms with Gasteiger partial charge in [-0.1, -0.05) is 6.08 Å². The molecule has 5 nitrogen and oxygen atoms in total. The Balaban J connectivity index is 0.00000242. The lowest BCUT2D eigenvalue weighted by Crippen LogP contribution is -2.40. The Morgan fingerprint density at radius 2 is 2.36 bits per heavy atom. The fraction of sp³-hybridized carbons (Fsp3) is 0.467. The molecule has 0 saturated carbocycles. The highest BCUT2D eigenvalue weighted by molar-refractivity contribution is 14.0. The smallest absolute Gasteiger partial charge is 0.244 e. The molecule has 22 heavy (non-hydrogen) atoms. The van der Waals surface area contributed by atoms with Crippen molar-refractivity contribution in [2.45, 2.75) is 19.9 Å². The number of nitrogens with zero attached hydrogens (tertiary/aromatic N) is 2. The Morgan fingerprint density at radius 3 is 3.09 bits per heavy atom. The minimum atomic E-state index is 0. The number of hydrogen-bond donors (Lipinski definition) is 2. The Bertz CT molecular complexity index is 529. The van der Waals surface area contributed by atoms with Crippen molar-refractivity contribution in [1.82, 2.24) is 15.5 Å². The molecular weight excluding hydrogens is 411 g/mol. The highest BCUT2D eigenvalue weighted by Gasteiger charge is 2.20. The molecule has 2 heterocycles. The largest absolute Gasteiger partial charge is 0.357 e. The number of rotatable bonds is 5. The molecule has 1 aliphatic heterocycles. The number of thiophene rings is 1. The molecule has 2 rings (SSSR count). The van der Waals surface area contributed by atoms with Gasteiger partial charge in [0.1, 0.15) is 6.54 Å². The maximum absolute atomic E-state index is 12.3. The number of nitrogens with one attached hydrogen (secondary N) is 2. The van der Waals surface area contributed by atoms with Crippen LogP contribution in [0.5, 0.6) is 0 Å². The normalized spacial score (nSPS) is 13.9. The van der Waals surface area contributed by atoms with E-state index in [9.17, 15) is 4.79 Å². The summed E-state index contributed by atoms with van der Waals surface area (Å²) in [6, 6.07) is 2.11. The number of hydrogen-bond acceptors (Lipinski definition) is 3. The quantitative estimate of drug-likeness (QED) is 0.323. The van der Waals surface area contributed by atoms with Crippen LogP contribution in [-0.2, 0) is 17.8 Å². The number of amides is 1. The molecule has 2 N–H and O–H groups in total. The topological polar surface area (TPSA) is 56.7 Å². The zero-order valence-corrected chi connectivity index (χ0v) is 15.9. The number of halogens is 1. The molecule has 0 radical (unpaired) electrons. The van der Waals surface area contributed by atoms with Gasteiger partial charge in [0.2, 0.25) is 5.91 Å². The molecule has 0 saturated heterocycles. The summed E-state index contributed by atoms with van der Waals surface area (Å²) in [4.78, 5) is 19.9. The maximum atomic E-state index is 12.3. The third-order valence-electron chi connectivity index (χ3n) is 3.29. The van der Waals surface area contributed by atoms with Crippen molar-refractivity contribution in [3.8, 4) is 0 Å². The first kappa shape index (κ1) is 19.0. The summed E-state index contributed by atoms with van der Waals surface area (Å²) in [5, 5.41) is 8.30. The lowest BCUT2D eigenvalue weighted by molar-refractivity contribution is -0.130. The van der Waals surface area contributed by atoms with Crippen molar-refractivity contribution in [1.29, 1.82) is 0 Å². The first-order valence-electron chi connectivity index (χ1n) is 7.20. The molecular formula is C15H23IN4OS. The first-order valence-corrected chi connectivity index (χ1v) is 8.08. The third kappa shape index (κ3) is 5.28. The van der Waals surface area contributed by atoms with Gasteiger partial charge in [0.15, 0.2) is 5.96 Å². The number of fused-ring (bicyclic) bond motifs is 1. The number of aliphatic imine (C=N–C) groups is 1. The van der Waals surface area contributed by atoms with E-state index in [1.54, 1.807) is 17.4 Å². The molecule has 122 valence electrons. The van der Waals surface area contributed by atoms with Crippen LogP contribution in [0.25, 0.3) is 0 Å². The third-order valence-corrected chi connectivity index (χ3v) is 4.31. The summed E-state index contributed by atoms with van der Waals surface area (Å²) in [6.45, 7) is 8.72. The van der Waals surface area contributed by atoms with E-state index in [4.69, 9.17) is 0 Å². The van der Waals surface area contributed by atoms with Crippen LogP contribution in [0.2, 0.25) is 0 Å². The van der Waals surface area contributed by atoms with Gasteiger partial charge in [0.05, 0.1) is 0 Å². The molecule has 0 aliphatic carbocycles. The van der Waals surface area contributed by atoms with Gasteiger partial charge >= 0.3 is 0 Å². The van der Waals surface area contributed by atoms with E-state index in [1.807, 2.05) is 11.8 Å². The summed E-state index contributed by atoms with van der Waals surface area (Å²) >= 11 is 1.78. The monoisotopic (exact) mass is 434 g/mol. The molecule has 1 aliphatic rings. The average Bonchev–Trinajstić information content (AvgIpc) is 2.97. The summed E-state index contributed by atoms with van der Waals surface area (Å²) < 4.78 is 0.